The Balaban J connectivity index is 1.67. The lowest BCUT2D eigenvalue weighted by Gasteiger charge is -2.17. The molecule has 0 unspecified atom stereocenters. The van der Waals surface area contributed by atoms with E-state index in [-0.39, 0.29) is 5.91 Å². The molecule has 28 heavy (non-hydrogen) atoms. The zero-order chi connectivity index (χ0) is 20.3. The van der Waals surface area contributed by atoms with Gasteiger partial charge in [-0.3, -0.25) is 10.1 Å². The van der Waals surface area contributed by atoms with Gasteiger partial charge in [0.25, 0.3) is 5.91 Å². The average Bonchev–Trinajstić information content (AvgIpc) is 3.14. The van der Waals surface area contributed by atoms with E-state index in [1.165, 1.54) is 11.3 Å². The number of nitrogens with zero attached hydrogens (tertiary/aromatic N) is 2. The molecule has 0 radical (unpaired) electrons. The molecule has 0 spiro atoms. The molecule has 0 saturated carbocycles. The van der Waals surface area contributed by atoms with E-state index in [0.717, 1.165) is 38.8 Å². The fourth-order valence-electron chi connectivity index (χ4n) is 2.70. The molecule has 146 valence electrons. The largest absolute Gasteiger partial charge is 0.497 e. The third-order valence-electron chi connectivity index (χ3n) is 4.43. The molecule has 1 heterocycles. The molecule has 3 aromatic rings. The molecule has 0 aliphatic rings. The van der Waals surface area contributed by atoms with Crippen LogP contribution in [-0.4, -0.2) is 29.3 Å². The van der Waals surface area contributed by atoms with E-state index in [1.54, 1.807) is 14.0 Å². The van der Waals surface area contributed by atoms with Gasteiger partial charge in [0, 0.05) is 5.56 Å². The number of benzene rings is 2. The Hall–Kier alpha value is -2.93. The van der Waals surface area contributed by atoms with Crippen LogP contribution in [0, 0.1) is 20.8 Å². The van der Waals surface area contributed by atoms with Gasteiger partial charge in [-0.05, 0) is 74.7 Å². The number of carbonyl (C=O) groups excluding carboxylic acids is 1. The van der Waals surface area contributed by atoms with E-state index < -0.39 is 6.10 Å². The Morgan fingerprint density at radius 3 is 2.50 bits per heavy atom. The SMILES string of the molecule is COc1ccc(-c2nnc(NC(=O)[C@H](C)Oc3cc(C)cc(C)c3C)s2)cc1. The van der Waals surface area contributed by atoms with Crippen LogP contribution in [0.2, 0.25) is 0 Å². The van der Waals surface area contributed by atoms with Gasteiger partial charge in [0.2, 0.25) is 5.13 Å². The topological polar surface area (TPSA) is 73.3 Å². The standard InChI is InChI=1S/C21H23N3O3S/c1-12-10-13(2)14(3)18(11-12)27-15(4)19(25)22-21-24-23-20(28-21)16-6-8-17(26-5)9-7-16/h6-11,15H,1-5H3,(H,22,24,25)/t15-/m0/s1. The van der Waals surface area contributed by atoms with Gasteiger partial charge in [-0.1, -0.05) is 17.4 Å². The molecule has 0 aliphatic carbocycles. The third-order valence-corrected chi connectivity index (χ3v) is 5.32. The van der Waals surface area contributed by atoms with Crippen molar-refractivity contribution in [3.05, 3.63) is 53.1 Å². The molecular weight excluding hydrogens is 374 g/mol. The minimum Gasteiger partial charge on any atom is -0.497 e. The van der Waals surface area contributed by atoms with Crippen LogP contribution in [0.15, 0.2) is 36.4 Å². The summed E-state index contributed by atoms with van der Waals surface area (Å²) in [6.45, 7) is 7.74. The number of anilines is 1. The zero-order valence-corrected chi connectivity index (χ0v) is 17.4. The van der Waals surface area contributed by atoms with Gasteiger partial charge in [-0.15, -0.1) is 10.2 Å². The Morgan fingerprint density at radius 2 is 1.82 bits per heavy atom. The highest BCUT2D eigenvalue weighted by atomic mass is 32.1. The first-order chi connectivity index (χ1) is 13.4. The summed E-state index contributed by atoms with van der Waals surface area (Å²) in [4.78, 5) is 12.5. The van der Waals surface area contributed by atoms with E-state index in [1.807, 2.05) is 51.1 Å². The first-order valence-electron chi connectivity index (χ1n) is 8.90. The van der Waals surface area contributed by atoms with Crippen LogP contribution >= 0.6 is 11.3 Å². The fourth-order valence-corrected chi connectivity index (χ4v) is 3.45. The lowest BCUT2D eigenvalue weighted by molar-refractivity contribution is -0.122. The highest BCUT2D eigenvalue weighted by molar-refractivity contribution is 7.18. The van der Waals surface area contributed by atoms with Crippen molar-refractivity contribution in [1.29, 1.82) is 0 Å². The summed E-state index contributed by atoms with van der Waals surface area (Å²) < 4.78 is 11.0. The normalized spacial score (nSPS) is 11.8. The van der Waals surface area contributed by atoms with Crippen molar-refractivity contribution < 1.29 is 14.3 Å². The molecule has 1 amide bonds. The number of aryl methyl sites for hydroxylation is 2. The fraction of sp³-hybridized carbons (Fsp3) is 0.286. The van der Waals surface area contributed by atoms with Gasteiger partial charge in [-0.25, -0.2) is 0 Å². The van der Waals surface area contributed by atoms with Crippen molar-refractivity contribution in [3.63, 3.8) is 0 Å². The highest BCUT2D eigenvalue weighted by Crippen LogP contribution is 2.28. The highest BCUT2D eigenvalue weighted by Gasteiger charge is 2.18. The molecule has 0 bridgehead atoms. The van der Waals surface area contributed by atoms with Crippen LogP contribution in [0.5, 0.6) is 11.5 Å². The maximum atomic E-state index is 12.5. The third kappa shape index (κ3) is 4.48. The van der Waals surface area contributed by atoms with Gasteiger partial charge < -0.3 is 9.47 Å². The number of rotatable bonds is 6. The van der Waals surface area contributed by atoms with E-state index in [9.17, 15) is 4.79 Å². The minimum atomic E-state index is -0.659. The van der Waals surface area contributed by atoms with Crippen molar-refractivity contribution in [2.45, 2.75) is 33.8 Å². The summed E-state index contributed by atoms with van der Waals surface area (Å²) >= 11 is 1.31. The number of nitrogens with one attached hydrogen (secondary N) is 1. The van der Waals surface area contributed by atoms with E-state index in [4.69, 9.17) is 9.47 Å². The van der Waals surface area contributed by atoms with Crippen LogP contribution in [0.4, 0.5) is 5.13 Å². The molecule has 6 nitrogen and oxygen atoms in total. The summed E-state index contributed by atoms with van der Waals surface area (Å²) in [5, 5.41) is 12.1. The van der Waals surface area contributed by atoms with Gasteiger partial charge in [0.15, 0.2) is 6.10 Å². The second kappa shape index (κ2) is 8.39. The molecule has 1 N–H and O–H groups in total. The molecule has 2 aromatic carbocycles. The maximum absolute atomic E-state index is 12.5. The first-order valence-corrected chi connectivity index (χ1v) is 9.72. The van der Waals surface area contributed by atoms with Crippen molar-refractivity contribution in [2.75, 3.05) is 12.4 Å². The average molecular weight is 398 g/mol. The van der Waals surface area contributed by atoms with Crippen molar-refractivity contribution in [1.82, 2.24) is 10.2 Å². The summed E-state index contributed by atoms with van der Waals surface area (Å²) in [5.41, 5.74) is 4.17. The molecule has 1 atom stereocenters. The lowest BCUT2D eigenvalue weighted by Crippen LogP contribution is -2.30. The number of ether oxygens (including phenoxy) is 2. The van der Waals surface area contributed by atoms with Crippen LogP contribution in [0.25, 0.3) is 10.6 Å². The Labute approximate surface area is 168 Å². The summed E-state index contributed by atoms with van der Waals surface area (Å²) in [6.07, 6.45) is -0.659. The predicted octanol–water partition coefficient (Wildman–Crippen LogP) is 4.54. The number of hydrogen-bond donors (Lipinski definition) is 1. The molecule has 3 rings (SSSR count). The van der Waals surface area contributed by atoms with Gasteiger partial charge in [-0.2, -0.15) is 0 Å². The Morgan fingerprint density at radius 1 is 1.11 bits per heavy atom. The van der Waals surface area contributed by atoms with Crippen LogP contribution in [-0.2, 0) is 4.79 Å². The van der Waals surface area contributed by atoms with Crippen molar-refractivity contribution >= 4 is 22.4 Å². The quantitative estimate of drug-likeness (QED) is 0.661. The molecule has 1 aromatic heterocycles. The second-order valence-corrected chi connectivity index (χ2v) is 7.57. The Bertz CT molecular complexity index is 983. The molecule has 0 aliphatic heterocycles. The van der Waals surface area contributed by atoms with Gasteiger partial charge in [0.05, 0.1) is 7.11 Å². The number of amides is 1. The van der Waals surface area contributed by atoms with E-state index >= 15 is 0 Å². The number of methoxy groups -OCH3 is 1. The van der Waals surface area contributed by atoms with Crippen LogP contribution < -0.4 is 14.8 Å². The maximum Gasteiger partial charge on any atom is 0.266 e. The monoisotopic (exact) mass is 397 g/mol. The molecule has 7 heteroatoms. The second-order valence-electron chi connectivity index (χ2n) is 6.60. The van der Waals surface area contributed by atoms with Crippen molar-refractivity contribution in [3.8, 4) is 22.1 Å². The van der Waals surface area contributed by atoms with E-state index in [2.05, 4.69) is 21.6 Å². The molecular formula is C21H23N3O3S. The molecule has 0 fully saturated rings. The smallest absolute Gasteiger partial charge is 0.266 e. The Kier molecular flexibility index (Phi) is 5.94. The summed E-state index contributed by atoms with van der Waals surface area (Å²) in [6, 6.07) is 11.6. The lowest BCUT2D eigenvalue weighted by atomic mass is 10.1. The zero-order valence-electron chi connectivity index (χ0n) is 16.6. The summed E-state index contributed by atoms with van der Waals surface area (Å²) in [7, 11) is 1.62. The van der Waals surface area contributed by atoms with Crippen molar-refractivity contribution in [2.24, 2.45) is 0 Å². The number of hydrogen-bond acceptors (Lipinski definition) is 6. The van der Waals surface area contributed by atoms with Gasteiger partial charge >= 0.3 is 0 Å². The summed E-state index contributed by atoms with van der Waals surface area (Å²) in [5.74, 6) is 1.22. The predicted molar refractivity (Wildman–Crippen MR) is 111 cm³/mol. The number of aromatic nitrogens is 2. The first kappa shape index (κ1) is 19.8. The van der Waals surface area contributed by atoms with Gasteiger partial charge in [0.1, 0.15) is 16.5 Å². The van der Waals surface area contributed by atoms with Crippen LogP contribution in [0.3, 0.4) is 0 Å². The molecule has 0 saturated heterocycles. The number of carbonyl (C=O) groups is 1. The van der Waals surface area contributed by atoms with E-state index in [0.29, 0.717) is 5.13 Å². The minimum absolute atomic E-state index is 0.268. The van der Waals surface area contributed by atoms with Crippen LogP contribution in [0.1, 0.15) is 23.6 Å².